The molecule has 0 aliphatic heterocycles. The monoisotopic (exact) mass is 269 g/mol. The van der Waals surface area contributed by atoms with E-state index < -0.39 is 0 Å². The number of rotatable bonds is 5. The summed E-state index contributed by atoms with van der Waals surface area (Å²) in [6.07, 6.45) is 1.64. The van der Waals surface area contributed by atoms with Crippen LogP contribution in [0, 0.1) is 0 Å². The fourth-order valence-electron chi connectivity index (χ4n) is 1.80. The Morgan fingerprint density at radius 1 is 1.20 bits per heavy atom. The molecule has 0 fully saturated rings. The highest BCUT2D eigenvalue weighted by molar-refractivity contribution is 5.93. The number of nitrogens with zero attached hydrogens (tertiary/aromatic N) is 1. The zero-order valence-corrected chi connectivity index (χ0v) is 11.8. The number of carbonyl (C=O) groups excluding carboxylic acids is 1. The van der Waals surface area contributed by atoms with Gasteiger partial charge in [-0.05, 0) is 31.5 Å². The SMILES string of the molecule is CC(C)NC(=O)c1cc(NCc2ccccc2)ccn1. The number of benzene rings is 1. The summed E-state index contributed by atoms with van der Waals surface area (Å²) in [5.41, 5.74) is 2.51. The lowest BCUT2D eigenvalue weighted by molar-refractivity contribution is 0.0938. The predicted molar refractivity (Wildman–Crippen MR) is 80.6 cm³/mol. The molecule has 1 aromatic heterocycles. The minimum atomic E-state index is -0.150. The second kappa shape index (κ2) is 6.70. The number of hydrogen-bond donors (Lipinski definition) is 2. The van der Waals surface area contributed by atoms with Gasteiger partial charge in [-0.1, -0.05) is 30.3 Å². The van der Waals surface area contributed by atoms with Crippen LogP contribution in [0.3, 0.4) is 0 Å². The molecule has 0 aliphatic rings. The first-order valence-electron chi connectivity index (χ1n) is 6.70. The molecule has 4 heteroatoms. The molecule has 1 heterocycles. The fourth-order valence-corrected chi connectivity index (χ4v) is 1.80. The molecular weight excluding hydrogens is 250 g/mol. The maximum absolute atomic E-state index is 11.9. The van der Waals surface area contributed by atoms with E-state index in [2.05, 4.69) is 27.8 Å². The van der Waals surface area contributed by atoms with Crippen molar-refractivity contribution in [2.45, 2.75) is 26.4 Å². The zero-order chi connectivity index (χ0) is 14.4. The molecule has 2 rings (SSSR count). The molecule has 0 spiro atoms. The standard InChI is InChI=1S/C16H19N3O/c1-12(2)19-16(20)15-10-14(8-9-17-15)18-11-13-6-4-3-5-7-13/h3-10,12H,11H2,1-2H3,(H,17,18)(H,19,20). The summed E-state index contributed by atoms with van der Waals surface area (Å²) < 4.78 is 0. The number of anilines is 1. The lowest BCUT2D eigenvalue weighted by atomic mass is 10.2. The third-order valence-corrected chi connectivity index (χ3v) is 2.75. The van der Waals surface area contributed by atoms with E-state index in [0.29, 0.717) is 5.69 Å². The van der Waals surface area contributed by atoms with Crippen LogP contribution in [-0.4, -0.2) is 16.9 Å². The summed E-state index contributed by atoms with van der Waals surface area (Å²) >= 11 is 0. The van der Waals surface area contributed by atoms with Gasteiger partial charge in [-0.3, -0.25) is 9.78 Å². The first-order chi connectivity index (χ1) is 9.65. The van der Waals surface area contributed by atoms with Crippen LogP contribution in [0.1, 0.15) is 29.9 Å². The highest BCUT2D eigenvalue weighted by atomic mass is 16.1. The van der Waals surface area contributed by atoms with Gasteiger partial charge in [0.25, 0.3) is 5.91 Å². The molecule has 0 atom stereocenters. The highest BCUT2D eigenvalue weighted by Crippen LogP contribution is 2.10. The van der Waals surface area contributed by atoms with E-state index in [1.54, 1.807) is 12.3 Å². The zero-order valence-electron chi connectivity index (χ0n) is 11.8. The lowest BCUT2D eigenvalue weighted by Crippen LogP contribution is -2.30. The molecule has 0 bridgehead atoms. The molecule has 20 heavy (non-hydrogen) atoms. The number of aromatic nitrogens is 1. The Bertz CT molecular complexity index is 567. The normalized spacial score (nSPS) is 10.3. The molecule has 1 amide bonds. The van der Waals surface area contributed by atoms with Crippen molar-refractivity contribution in [3.63, 3.8) is 0 Å². The number of hydrogen-bond acceptors (Lipinski definition) is 3. The maximum atomic E-state index is 11.9. The van der Waals surface area contributed by atoms with Crippen molar-refractivity contribution < 1.29 is 4.79 Å². The first kappa shape index (κ1) is 14.1. The minimum Gasteiger partial charge on any atom is -0.381 e. The molecule has 104 valence electrons. The second-order valence-corrected chi connectivity index (χ2v) is 4.90. The summed E-state index contributed by atoms with van der Waals surface area (Å²) in [4.78, 5) is 16.0. The molecule has 1 aromatic carbocycles. The fraction of sp³-hybridized carbons (Fsp3) is 0.250. The average molecular weight is 269 g/mol. The molecule has 2 N–H and O–H groups in total. The summed E-state index contributed by atoms with van der Waals surface area (Å²) in [6, 6.07) is 13.8. The lowest BCUT2D eigenvalue weighted by Gasteiger charge is -2.10. The summed E-state index contributed by atoms with van der Waals surface area (Å²) in [5, 5.41) is 6.12. The molecule has 4 nitrogen and oxygen atoms in total. The van der Waals surface area contributed by atoms with Crippen molar-refractivity contribution in [1.29, 1.82) is 0 Å². The predicted octanol–water partition coefficient (Wildman–Crippen LogP) is 2.83. The van der Waals surface area contributed by atoms with E-state index in [1.807, 2.05) is 38.1 Å². The van der Waals surface area contributed by atoms with Crippen LogP contribution in [0.4, 0.5) is 5.69 Å². The van der Waals surface area contributed by atoms with Gasteiger partial charge in [-0.25, -0.2) is 0 Å². The Kier molecular flexibility index (Phi) is 4.71. The van der Waals surface area contributed by atoms with E-state index >= 15 is 0 Å². The number of amides is 1. The van der Waals surface area contributed by atoms with E-state index in [1.165, 1.54) is 5.56 Å². The van der Waals surface area contributed by atoms with Gasteiger partial charge in [0, 0.05) is 24.5 Å². The van der Waals surface area contributed by atoms with Crippen LogP contribution < -0.4 is 10.6 Å². The van der Waals surface area contributed by atoms with Crippen molar-refractivity contribution in [2.75, 3.05) is 5.32 Å². The van der Waals surface area contributed by atoms with Gasteiger partial charge in [0.05, 0.1) is 0 Å². The van der Waals surface area contributed by atoms with Crippen LogP contribution in [0.15, 0.2) is 48.7 Å². The van der Waals surface area contributed by atoms with Crippen molar-refractivity contribution in [2.24, 2.45) is 0 Å². The van der Waals surface area contributed by atoms with Gasteiger partial charge in [-0.2, -0.15) is 0 Å². The second-order valence-electron chi connectivity index (χ2n) is 4.90. The Hall–Kier alpha value is -2.36. The van der Waals surface area contributed by atoms with Crippen molar-refractivity contribution in [3.8, 4) is 0 Å². The summed E-state index contributed by atoms with van der Waals surface area (Å²) in [7, 11) is 0. The van der Waals surface area contributed by atoms with Crippen LogP contribution in [0.25, 0.3) is 0 Å². The largest absolute Gasteiger partial charge is 0.381 e. The number of nitrogens with one attached hydrogen (secondary N) is 2. The molecule has 0 radical (unpaired) electrons. The summed E-state index contributed by atoms with van der Waals surface area (Å²) in [6.45, 7) is 4.57. The minimum absolute atomic E-state index is 0.102. The Morgan fingerprint density at radius 2 is 1.95 bits per heavy atom. The maximum Gasteiger partial charge on any atom is 0.270 e. The molecule has 2 aromatic rings. The molecule has 0 saturated heterocycles. The Morgan fingerprint density at radius 3 is 2.65 bits per heavy atom. The Balaban J connectivity index is 2.01. The smallest absolute Gasteiger partial charge is 0.270 e. The topological polar surface area (TPSA) is 54.0 Å². The molecule has 0 unspecified atom stereocenters. The van der Waals surface area contributed by atoms with E-state index in [0.717, 1.165) is 12.2 Å². The number of carbonyl (C=O) groups is 1. The summed E-state index contributed by atoms with van der Waals surface area (Å²) in [5.74, 6) is -0.150. The molecule has 0 saturated carbocycles. The number of pyridine rings is 1. The van der Waals surface area contributed by atoms with Crippen LogP contribution in [0.2, 0.25) is 0 Å². The van der Waals surface area contributed by atoms with Crippen molar-refractivity contribution >= 4 is 11.6 Å². The van der Waals surface area contributed by atoms with Crippen molar-refractivity contribution in [1.82, 2.24) is 10.3 Å². The van der Waals surface area contributed by atoms with Gasteiger partial charge in [0.15, 0.2) is 0 Å². The van der Waals surface area contributed by atoms with E-state index in [4.69, 9.17) is 0 Å². The van der Waals surface area contributed by atoms with Gasteiger partial charge < -0.3 is 10.6 Å². The Labute approximate surface area is 119 Å². The highest BCUT2D eigenvalue weighted by Gasteiger charge is 2.08. The van der Waals surface area contributed by atoms with Crippen LogP contribution >= 0.6 is 0 Å². The van der Waals surface area contributed by atoms with Gasteiger partial charge >= 0.3 is 0 Å². The van der Waals surface area contributed by atoms with E-state index in [-0.39, 0.29) is 11.9 Å². The van der Waals surface area contributed by atoms with Gasteiger partial charge in [0.1, 0.15) is 5.69 Å². The average Bonchev–Trinajstić information content (AvgIpc) is 2.46. The van der Waals surface area contributed by atoms with Crippen LogP contribution in [0.5, 0.6) is 0 Å². The van der Waals surface area contributed by atoms with Gasteiger partial charge in [-0.15, -0.1) is 0 Å². The van der Waals surface area contributed by atoms with Crippen molar-refractivity contribution in [3.05, 3.63) is 59.9 Å². The van der Waals surface area contributed by atoms with E-state index in [9.17, 15) is 4.79 Å². The van der Waals surface area contributed by atoms with Gasteiger partial charge in [0.2, 0.25) is 0 Å². The third-order valence-electron chi connectivity index (χ3n) is 2.75. The molecule has 0 aliphatic carbocycles. The quantitative estimate of drug-likeness (QED) is 0.877. The van der Waals surface area contributed by atoms with Crippen LogP contribution in [-0.2, 0) is 6.54 Å². The third kappa shape index (κ3) is 4.09. The first-order valence-corrected chi connectivity index (χ1v) is 6.70. The molecular formula is C16H19N3O.